The fraction of sp³-hybridized carbons (Fsp3) is 1.00. The van der Waals surface area contributed by atoms with Gasteiger partial charge < -0.3 is 15.2 Å². The molecule has 0 aromatic rings. The van der Waals surface area contributed by atoms with Crippen LogP contribution >= 0.6 is 11.8 Å². The van der Waals surface area contributed by atoms with Gasteiger partial charge >= 0.3 is 0 Å². The molecule has 0 aromatic carbocycles. The van der Waals surface area contributed by atoms with Crippen molar-refractivity contribution in [3.8, 4) is 0 Å². The molecule has 0 amide bonds. The maximum atomic E-state index is 9.15. The molecule has 2 atom stereocenters. The van der Waals surface area contributed by atoms with Crippen LogP contribution in [0.1, 0.15) is 19.8 Å². The molecule has 0 aliphatic carbocycles. The third-order valence-corrected chi connectivity index (χ3v) is 4.27. The van der Waals surface area contributed by atoms with Gasteiger partial charge in [0.1, 0.15) is 0 Å². The lowest BCUT2D eigenvalue weighted by atomic mass is 10.00. The van der Waals surface area contributed by atoms with E-state index in [9.17, 15) is 0 Å². The Labute approximate surface area is 97.0 Å². The van der Waals surface area contributed by atoms with Gasteiger partial charge in [0.2, 0.25) is 0 Å². The zero-order valence-corrected chi connectivity index (χ0v) is 10.6. The average Bonchev–Trinajstić information content (AvgIpc) is 2.29. The van der Waals surface area contributed by atoms with Crippen LogP contribution in [0.4, 0.5) is 0 Å². The van der Waals surface area contributed by atoms with E-state index in [2.05, 4.69) is 12.2 Å². The number of hydrogen-bond donors (Lipinski definition) is 2. The maximum absolute atomic E-state index is 9.15. The van der Waals surface area contributed by atoms with E-state index in [1.807, 2.05) is 6.26 Å². The van der Waals surface area contributed by atoms with Gasteiger partial charge in [-0.05, 0) is 38.5 Å². The van der Waals surface area contributed by atoms with Crippen molar-refractivity contribution in [1.82, 2.24) is 5.32 Å². The van der Waals surface area contributed by atoms with Crippen LogP contribution in [-0.4, -0.2) is 49.0 Å². The summed E-state index contributed by atoms with van der Waals surface area (Å²) >= 11 is 1.73. The van der Waals surface area contributed by atoms with Gasteiger partial charge in [-0.3, -0.25) is 0 Å². The van der Waals surface area contributed by atoms with Crippen molar-refractivity contribution in [2.24, 2.45) is 5.92 Å². The monoisotopic (exact) mass is 233 g/mol. The van der Waals surface area contributed by atoms with Crippen LogP contribution in [0.15, 0.2) is 0 Å². The Morgan fingerprint density at radius 3 is 2.67 bits per heavy atom. The smallest absolute Gasteiger partial charge is 0.0564 e. The molecule has 0 saturated carbocycles. The molecule has 1 aliphatic rings. The van der Waals surface area contributed by atoms with Gasteiger partial charge in [-0.25, -0.2) is 0 Å². The van der Waals surface area contributed by atoms with Crippen molar-refractivity contribution in [3.63, 3.8) is 0 Å². The Morgan fingerprint density at radius 1 is 1.47 bits per heavy atom. The molecule has 4 heteroatoms. The molecule has 0 bridgehead atoms. The van der Waals surface area contributed by atoms with Crippen molar-refractivity contribution in [3.05, 3.63) is 0 Å². The van der Waals surface area contributed by atoms with Crippen molar-refractivity contribution >= 4 is 11.8 Å². The standard InChI is InChI=1S/C11H23NO2S/c1-9(11(8-13)15-2)12-7-10-3-5-14-6-4-10/h9-13H,3-8H2,1-2H3. The molecule has 0 radical (unpaired) electrons. The molecule has 1 saturated heterocycles. The largest absolute Gasteiger partial charge is 0.395 e. The molecule has 2 unspecified atom stereocenters. The molecule has 2 N–H and O–H groups in total. The molecule has 1 fully saturated rings. The van der Waals surface area contributed by atoms with Crippen LogP contribution in [0, 0.1) is 5.92 Å². The molecule has 90 valence electrons. The highest BCUT2D eigenvalue weighted by Gasteiger charge is 2.18. The van der Waals surface area contributed by atoms with Gasteiger partial charge in [0.15, 0.2) is 0 Å². The minimum absolute atomic E-state index is 0.253. The number of rotatable bonds is 6. The van der Waals surface area contributed by atoms with Crippen LogP contribution in [0.5, 0.6) is 0 Å². The Balaban J connectivity index is 2.16. The van der Waals surface area contributed by atoms with E-state index in [0.717, 1.165) is 25.7 Å². The number of nitrogens with one attached hydrogen (secondary N) is 1. The van der Waals surface area contributed by atoms with Gasteiger partial charge in [-0.2, -0.15) is 11.8 Å². The van der Waals surface area contributed by atoms with Crippen LogP contribution in [0.2, 0.25) is 0 Å². The topological polar surface area (TPSA) is 41.5 Å². The van der Waals surface area contributed by atoms with Crippen molar-refractivity contribution in [2.75, 3.05) is 32.6 Å². The summed E-state index contributed by atoms with van der Waals surface area (Å²) in [5.41, 5.74) is 0. The van der Waals surface area contributed by atoms with Crippen molar-refractivity contribution in [2.45, 2.75) is 31.1 Å². The summed E-state index contributed by atoms with van der Waals surface area (Å²) in [7, 11) is 0. The Morgan fingerprint density at radius 2 is 2.13 bits per heavy atom. The van der Waals surface area contributed by atoms with Crippen LogP contribution < -0.4 is 5.32 Å². The summed E-state index contributed by atoms with van der Waals surface area (Å²) in [4.78, 5) is 0. The average molecular weight is 233 g/mol. The van der Waals surface area contributed by atoms with Gasteiger partial charge in [0, 0.05) is 24.5 Å². The first-order valence-corrected chi connectivity index (χ1v) is 7.01. The Kier molecular flexibility index (Phi) is 6.64. The predicted molar refractivity (Wildman–Crippen MR) is 65.4 cm³/mol. The molecular formula is C11H23NO2S. The first-order valence-electron chi connectivity index (χ1n) is 5.72. The summed E-state index contributed by atoms with van der Waals surface area (Å²) in [6.45, 7) is 5.28. The Hall–Kier alpha value is 0.230. The maximum Gasteiger partial charge on any atom is 0.0564 e. The second-order valence-electron chi connectivity index (χ2n) is 4.21. The first kappa shape index (κ1) is 13.3. The van der Waals surface area contributed by atoms with Crippen molar-refractivity contribution < 1.29 is 9.84 Å². The second-order valence-corrected chi connectivity index (χ2v) is 5.29. The highest BCUT2D eigenvalue weighted by molar-refractivity contribution is 7.99. The van der Waals surface area contributed by atoms with Gasteiger partial charge in [-0.1, -0.05) is 0 Å². The second kappa shape index (κ2) is 7.49. The summed E-state index contributed by atoms with van der Waals surface area (Å²) in [6, 6.07) is 0.382. The van der Waals surface area contributed by atoms with E-state index in [-0.39, 0.29) is 6.61 Å². The molecule has 15 heavy (non-hydrogen) atoms. The molecule has 3 nitrogen and oxygen atoms in total. The summed E-state index contributed by atoms with van der Waals surface area (Å²) in [6.07, 6.45) is 4.39. The van der Waals surface area contributed by atoms with E-state index < -0.39 is 0 Å². The van der Waals surface area contributed by atoms with Gasteiger partial charge in [0.05, 0.1) is 6.61 Å². The number of hydrogen-bond acceptors (Lipinski definition) is 4. The summed E-state index contributed by atoms with van der Waals surface area (Å²) in [5.74, 6) is 0.752. The molecule has 1 aliphatic heterocycles. The van der Waals surface area contributed by atoms with Crippen LogP contribution in [0.25, 0.3) is 0 Å². The third-order valence-electron chi connectivity index (χ3n) is 3.11. The molecule has 1 heterocycles. The zero-order valence-electron chi connectivity index (χ0n) is 9.74. The number of aliphatic hydroxyl groups excluding tert-OH is 1. The fourth-order valence-corrected chi connectivity index (χ4v) is 2.52. The Bertz CT molecular complexity index is 159. The lowest BCUT2D eigenvalue weighted by molar-refractivity contribution is 0.0654. The minimum atomic E-state index is 0.253. The quantitative estimate of drug-likeness (QED) is 0.721. The van der Waals surface area contributed by atoms with Gasteiger partial charge in [0.25, 0.3) is 0 Å². The van der Waals surface area contributed by atoms with E-state index in [4.69, 9.17) is 9.84 Å². The van der Waals surface area contributed by atoms with E-state index >= 15 is 0 Å². The highest BCUT2D eigenvalue weighted by atomic mass is 32.2. The number of ether oxygens (including phenoxy) is 1. The van der Waals surface area contributed by atoms with E-state index in [1.165, 1.54) is 12.8 Å². The third kappa shape index (κ3) is 4.72. The summed E-state index contributed by atoms with van der Waals surface area (Å²) < 4.78 is 5.32. The fourth-order valence-electron chi connectivity index (χ4n) is 1.87. The van der Waals surface area contributed by atoms with Crippen LogP contribution in [0.3, 0.4) is 0 Å². The van der Waals surface area contributed by atoms with E-state index in [0.29, 0.717) is 11.3 Å². The number of thioether (sulfide) groups is 1. The van der Waals surface area contributed by atoms with Gasteiger partial charge in [-0.15, -0.1) is 0 Å². The SMILES string of the molecule is CSC(CO)C(C)NCC1CCOCC1. The lowest BCUT2D eigenvalue weighted by Crippen LogP contribution is -2.40. The summed E-state index contributed by atoms with van der Waals surface area (Å²) in [5, 5.41) is 13.0. The first-order chi connectivity index (χ1) is 7.27. The molecule has 0 aromatic heterocycles. The molecule has 1 rings (SSSR count). The van der Waals surface area contributed by atoms with Crippen molar-refractivity contribution in [1.29, 1.82) is 0 Å². The molecule has 0 spiro atoms. The lowest BCUT2D eigenvalue weighted by Gasteiger charge is -2.26. The zero-order chi connectivity index (χ0) is 11.1. The highest BCUT2D eigenvalue weighted by Crippen LogP contribution is 2.15. The minimum Gasteiger partial charge on any atom is -0.395 e. The molecular weight excluding hydrogens is 210 g/mol. The van der Waals surface area contributed by atoms with E-state index in [1.54, 1.807) is 11.8 Å². The predicted octanol–water partition coefficient (Wildman–Crippen LogP) is 1.11. The van der Waals surface area contributed by atoms with Crippen LogP contribution in [-0.2, 0) is 4.74 Å². The normalized spacial score (nSPS) is 22.6. The number of aliphatic hydroxyl groups is 1.